The van der Waals surface area contributed by atoms with E-state index in [0.29, 0.717) is 15.0 Å². The minimum atomic E-state index is 0.552. The molecule has 0 atom stereocenters. The van der Waals surface area contributed by atoms with Crippen molar-refractivity contribution in [1.29, 1.82) is 0 Å². The van der Waals surface area contributed by atoms with E-state index in [2.05, 4.69) is 30.9 Å². The molecule has 3 heteroatoms. The van der Waals surface area contributed by atoms with Crippen LogP contribution in [0, 0.1) is 0 Å². The van der Waals surface area contributed by atoms with Gasteiger partial charge in [0, 0.05) is 0 Å². The van der Waals surface area contributed by atoms with E-state index in [0.717, 1.165) is 18.1 Å². The Morgan fingerprint density at radius 2 is 1.71 bits per heavy atom. The fraction of sp³-hybridized carbons (Fsp3) is 0.455. The first-order chi connectivity index (χ1) is 6.76. The van der Waals surface area contributed by atoms with Crippen LogP contribution >= 0.6 is 11.6 Å². The van der Waals surface area contributed by atoms with E-state index in [1.165, 1.54) is 9.91 Å². The van der Waals surface area contributed by atoms with Crippen LogP contribution in [0.25, 0.3) is 0 Å². The zero-order valence-corrected chi connectivity index (χ0v) is 11.1. The van der Waals surface area contributed by atoms with Crippen LogP contribution < -0.4 is 4.46 Å². The fourth-order valence-electron chi connectivity index (χ4n) is 1.10. The average Bonchev–Trinajstić information content (AvgIpc) is 2.22. The summed E-state index contributed by atoms with van der Waals surface area (Å²) in [5.74, 6) is 0. The van der Waals surface area contributed by atoms with Crippen LogP contribution in [0.3, 0.4) is 0 Å². The first kappa shape index (κ1) is 12.1. The van der Waals surface area contributed by atoms with Gasteiger partial charge in [0.15, 0.2) is 0 Å². The molecule has 0 fully saturated rings. The van der Waals surface area contributed by atoms with Crippen molar-refractivity contribution in [2.75, 3.05) is 18.5 Å². The maximum absolute atomic E-state index is 5.83. The molecule has 0 aliphatic heterocycles. The zero-order chi connectivity index (χ0) is 10.4. The molecule has 14 heavy (non-hydrogen) atoms. The fourth-order valence-corrected chi connectivity index (χ4v) is 3.38. The Morgan fingerprint density at radius 3 is 2.21 bits per heavy atom. The minimum absolute atomic E-state index is 0.552. The van der Waals surface area contributed by atoms with Gasteiger partial charge in [0.25, 0.3) is 0 Å². The number of halogens is 1. The van der Waals surface area contributed by atoms with Gasteiger partial charge < -0.3 is 0 Å². The van der Waals surface area contributed by atoms with Crippen molar-refractivity contribution < 1.29 is 0 Å². The van der Waals surface area contributed by atoms with Crippen molar-refractivity contribution >= 4 is 31.0 Å². The third kappa shape index (κ3) is 4.02. The molecular weight excluding hydrogens is 261 g/mol. The van der Waals surface area contributed by atoms with Crippen LogP contribution in [0.1, 0.15) is 13.8 Å². The van der Waals surface area contributed by atoms with Gasteiger partial charge in [0.2, 0.25) is 0 Å². The quantitative estimate of drug-likeness (QED) is 0.743. The van der Waals surface area contributed by atoms with E-state index >= 15 is 0 Å². The van der Waals surface area contributed by atoms with Gasteiger partial charge in [0.1, 0.15) is 0 Å². The predicted molar refractivity (Wildman–Crippen MR) is 64.6 cm³/mol. The SMILES string of the molecule is CCN(CC)C[Se]c1ccc(Cl)cc1. The third-order valence-electron chi connectivity index (χ3n) is 2.12. The molecule has 78 valence electrons. The second-order valence-electron chi connectivity index (χ2n) is 3.03. The van der Waals surface area contributed by atoms with Gasteiger partial charge in [-0.15, -0.1) is 0 Å². The average molecular weight is 277 g/mol. The van der Waals surface area contributed by atoms with Gasteiger partial charge >= 0.3 is 97.6 Å². The number of hydrogen-bond donors (Lipinski definition) is 0. The van der Waals surface area contributed by atoms with Crippen molar-refractivity contribution in [2.24, 2.45) is 0 Å². The molecular formula is C11H16ClNSe. The van der Waals surface area contributed by atoms with Crippen molar-refractivity contribution in [1.82, 2.24) is 4.90 Å². The molecule has 1 aromatic carbocycles. The summed E-state index contributed by atoms with van der Waals surface area (Å²) in [7, 11) is 0. The van der Waals surface area contributed by atoms with E-state index < -0.39 is 0 Å². The summed E-state index contributed by atoms with van der Waals surface area (Å²) in [6.07, 6.45) is 0. The molecule has 0 amide bonds. The summed E-state index contributed by atoms with van der Waals surface area (Å²) in [6.45, 7) is 6.71. The Morgan fingerprint density at radius 1 is 1.14 bits per heavy atom. The van der Waals surface area contributed by atoms with Crippen LogP contribution in [-0.4, -0.2) is 38.4 Å². The molecule has 0 saturated carbocycles. The van der Waals surface area contributed by atoms with E-state index in [1.54, 1.807) is 0 Å². The van der Waals surface area contributed by atoms with Crippen LogP contribution in [0.4, 0.5) is 0 Å². The summed E-state index contributed by atoms with van der Waals surface area (Å²) in [4.78, 5) is 2.45. The number of hydrogen-bond acceptors (Lipinski definition) is 1. The van der Waals surface area contributed by atoms with Crippen LogP contribution in [-0.2, 0) is 0 Å². The first-order valence-corrected chi connectivity index (χ1v) is 7.31. The van der Waals surface area contributed by atoms with Gasteiger partial charge in [-0.1, -0.05) is 0 Å². The second kappa shape index (κ2) is 6.47. The molecule has 0 aromatic heterocycles. The van der Waals surface area contributed by atoms with Crippen molar-refractivity contribution in [3.05, 3.63) is 29.3 Å². The van der Waals surface area contributed by atoms with E-state index in [4.69, 9.17) is 11.6 Å². The molecule has 0 spiro atoms. The Labute approximate surface area is 97.6 Å². The summed E-state index contributed by atoms with van der Waals surface area (Å²) < 4.78 is 1.42. The van der Waals surface area contributed by atoms with Crippen LogP contribution in [0.5, 0.6) is 0 Å². The van der Waals surface area contributed by atoms with Gasteiger partial charge in [-0.2, -0.15) is 0 Å². The molecule has 0 radical (unpaired) electrons. The summed E-state index contributed by atoms with van der Waals surface area (Å²) >= 11 is 6.38. The molecule has 0 unspecified atom stereocenters. The zero-order valence-electron chi connectivity index (χ0n) is 8.66. The van der Waals surface area contributed by atoms with Gasteiger partial charge in [0.05, 0.1) is 0 Å². The molecule has 0 bridgehead atoms. The van der Waals surface area contributed by atoms with Gasteiger partial charge in [-0.05, 0) is 0 Å². The molecule has 1 nitrogen and oxygen atoms in total. The molecule has 0 heterocycles. The second-order valence-corrected chi connectivity index (χ2v) is 5.60. The third-order valence-corrected chi connectivity index (χ3v) is 4.68. The molecule has 0 N–H and O–H groups in total. The van der Waals surface area contributed by atoms with Crippen molar-refractivity contribution in [3.63, 3.8) is 0 Å². The standard InChI is InChI=1S/C11H16ClNSe/c1-3-13(4-2)9-14-11-7-5-10(12)6-8-11/h5-8H,3-4,9H2,1-2H3. The van der Waals surface area contributed by atoms with Crippen molar-refractivity contribution in [2.45, 2.75) is 13.8 Å². The van der Waals surface area contributed by atoms with Crippen LogP contribution in [0.15, 0.2) is 24.3 Å². The molecule has 1 rings (SSSR count). The summed E-state index contributed by atoms with van der Waals surface area (Å²) in [5, 5.41) is 0.826. The summed E-state index contributed by atoms with van der Waals surface area (Å²) in [6, 6.07) is 8.21. The Hall–Kier alpha value is -0.0105. The van der Waals surface area contributed by atoms with Crippen LogP contribution in [0.2, 0.25) is 5.02 Å². The predicted octanol–water partition coefficient (Wildman–Crippen LogP) is 1.97. The monoisotopic (exact) mass is 277 g/mol. The molecule has 0 aliphatic rings. The Bertz CT molecular complexity index is 256. The normalized spacial score (nSPS) is 10.9. The number of benzene rings is 1. The van der Waals surface area contributed by atoms with E-state index in [9.17, 15) is 0 Å². The van der Waals surface area contributed by atoms with Crippen molar-refractivity contribution in [3.8, 4) is 0 Å². The van der Waals surface area contributed by atoms with E-state index in [-0.39, 0.29) is 0 Å². The number of rotatable bonds is 5. The van der Waals surface area contributed by atoms with E-state index in [1.807, 2.05) is 12.1 Å². The number of nitrogens with zero attached hydrogens (tertiary/aromatic N) is 1. The van der Waals surface area contributed by atoms with Gasteiger partial charge in [-0.25, -0.2) is 0 Å². The Kier molecular flexibility index (Phi) is 5.57. The first-order valence-electron chi connectivity index (χ1n) is 4.87. The summed E-state index contributed by atoms with van der Waals surface area (Å²) in [5.41, 5.74) is 1.20. The van der Waals surface area contributed by atoms with Gasteiger partial charge in [-0.3, -0.25) is 0 Å². The molecule has 0 aliphatic carbocycles. The topological polar surface area (TPSA) is 3.24 Å². The Balaban J connectivity index is 2.41. The molecule has 0 saturated heterocycles. The maximum atomic E-state index is 5.83. The molecule has 1 aromatic rings.